The molecule has 1 saturated heterocycles. The van der Waals surface area contributed by atoms with Gasteiger partial charge in [0.25, 0.3) is 0 Å². The molecule has 3 heteroatoms. The third-order valence-electron chi connectivity index (χ3n) is 3.77. The van der Waals surface area contributed by atoms with Crippen molar-refractivity contribution in [2.45, 2.75) is 37.7 Å². The first-order valence-electron chi connectivity index (χ1n) is 6.92. The van der Waals surface area contributed by atoms with Gasteiger partial charge >= 0.3 is 0 Å². The molecular weight excluding hydrogens is 226 g/mol. The molecule has 0 spiro atoms. The van der Waals surface area contributed by atoms with Gasteiger partial charge in [-0.25, -0.2) is 0 Å². The number of hydrogen-bond donors (Lipinski definition) is 1. The van der Waals surface area contributed by atoms with Crippen LogP contribution in [0.25, 0.3) is 0 Å². The molecule has 98 valence electrons. The van der Waals surface area contributed by atoms with Gasteiger partial charge in [0.1, 0.15) is 0 Å². The maximum absolute atomic E-state index is 5.85. The van der Waals surface area contributed by atoms with Crippen molar-refractivity contribution in [2.24, 2.45) is 0 Å². The summed E-state index contributed by atoms with van der Waals surface area (Å²) in [7, 11) is 1.72. The van der Waals surface area contributed by atoms with Crippen LogP contribution in [0.5, 0.6) is 11.5 Å². The zero-order valence-electron chi connectivity index (χ0n) is 10.9. The summed E-state index contributed by atoms with van der Waals surface area (Å²) in [6.07, 6.45) is 5.29. The van der Waals surface area contributed by atoms with Crippen molar-refractivity contribution in [3.05, 3.63) is 23.8 Å². The topological polar surface area (TPSA) is 30.5 Å². The summed E-state index contributed by atoms with van der Waals surface area (Å²) in [5.41, 5.74) is 1.36. The second-order valence-electron chi connectivity index (χ2n) is 5.27. The predicted molar refractivity (Wildman–Crippen MR) is 71.5 cm³/mol. The van der Waals surface area contributed by atoms with Crippen molar-refractivity contribution < 1.29 is 9.47 Å². The summed E-state index contributed by atoms with van der Waals surface area (Å²) in [5, 5.41) is 3.46. The molecule has 0 aromatic heterocycles. The summed E-state index contributed by atoms with van der Waals surface area (Å²) in [6, 6.07) is 6.41. The van der Waals surface area contributed by atoms with E-state index in [1.807, 2.05) is 0 Å². The Hall–Kier alpha value is -1.22. The lowest BCUT2D eigenvalue weighted by Crippen LogP contribution is -2.28. The van der Waals surface area contributed by atoms with E-state index in [4.69, 9.17) is 9.47 Å². The number of piperidine rings is 1. The Morgan fingerprint density at radius 1 is 1.17 bits per heavy atom. The smallest absolute Gasteiger partial charge is 0.161 e. The zero-order chi connectivity index (χ0) is 12.4. The molecule has 2 aliphatic rings. The van der Waals surface area contributed by atoms with Gasteiger partial charge in [-0.2, -0.15) is 0 Å². The molecular formula is C15H21NO2. The number of methoxy groups -OCH3 is 1. The van der Waals surface area contributed by atoms with Crippen molar-refractivity contribution in [1.29, 1.82) is 0 Å². The maximum atomic E-state index is 5.85. The number of benzene rings is 1. The molecule has 0 amide bonds. The molecule has 3 rings (SSSR count). The lowest BCUT2D eigenvalue weighted by molar-refractivity contribution is 0.281. The van der Waals surface area contributed by atoms with E-state index < -0.39 is 0 Å². The maximum Gasteiger partial charge on any atom is 0.161 e. The van der Waals surface area contributed by atoms with Crippen LogP contribution < -0.4 is 14.8 Å². The average Bonchev–Trinajstić information content (AvgIpc) is 3.24. The van der Waals surface area contributed by atoms with E-state index >= 15 is 0 Å². The zero-order valence-corrected chi connectivity index (χ0v) is 10.9. The van der Waals surface area contributed by atoms with Crippen LogP contribution in [-0.2, 0) is 0 Å². The minimum absolute atomic E-state index is 0.418. The Balaban J connectivity index is 1.78. The Labute approximate surface area is 108 Å². The average molecular weight is 247 g/mol. The fraction of sp³-hybridized carbons (Fsp3) is 0.600. The molecule has 1 aromatic rings. The van der Waals surface area contributed by atoms with Crippen molar-refractivity contribution in [3.8, 4) is 11.5 Å². The third kappa shape index (κ3) is 2.61. The number of ether oxygens (including phenoxy) is 2. The second kappa shape index (κ2) is 5.19. The summed E-state index contributed by atoms with van der Waals surface area (Å²) in [6.45, 7) is 2.22. The first kappa shape index (κ1) is 11.8. The Morgan fingerprint density at radius 3 is 2.72 bits per heavy atom. The standard InChI is InChI=1S/C15H21NO2/c1-17-15-9-11(12-3-2-8-16-10-12)4-7-14(15)18-13-5-6-13/h4,7,9,12-13,16H,2-3,5-6,8,10H2,1H3. The van der Waals surface area contributed by atoms with Gasteiger partial charge in [0.15, 0.2) is 11.5 Å². The third-order valence-corrected chi connectivity index (χ3v) is 3.77. The predicted octanol–water partition coefficient (Wildman–Crippen LogP) is 2.70. The van der Waals surface area contributed by atoms with E-state index in [1.165, 1.54) is 31.2 Å². The highest BCUT2D eigenvalue weighted by Gasteiger charge is 2.25. The fourth-order valence-corrected chi connectivity index (χ4v) is 2.54. The van der Waals surface area contributed by atoms with Gasteiger partial charge in [-0.15, -0.1) is 0 Å². The SMILES string of the molecule is COc1cc(C2CCCNC2)ccc1OC1CC1. The van der Waals surface area contributed by atoms with Crippen LogP contribution in [0.4, 0.5) is 0 Å². The quantitative estimate of drug-likeness (QED) is 0.887. The van der Waals surface area contributed by atoms with Crippen LogP contribution in [0, 0.1) is 0 Å². The molecule has 1 aliphatic heterocycles. The Bertz CT molecular complexity index is 409. The number of rotatable bonds is 4. The molecule has 1 aliphatic carbocycles. The highest BCUT2D eigenvalue weighted by molar-refractivity contribution is 5.44. The van der Waals surface area contributed by atoms with E-state index in [0.717, 1.165) is 24.6 Å². The molecule has 0 radical (unpaired) electrons. The second-order valence-corrected chi connectivity index (χ2v) is 5.27. The first-order chi connectivity index (χ1) is 8.86. The largest absolute Gasteiger partial charge is 0.493 e. The summed E-state index contributed by atoms with van der Waals surface area (Å²) < 4.78 is 11.3. The van der Waals surface area contributed by atoms with Gasteiger partial charge < -0.3 is 14.8 Å². The molecule has 1 N–H and O–H groups in total. The molecule has 3 nitrogen and oxygen atoms in total. The number of hydrogen-bond acceptors (Lipinski definition) is 3. The van der Waals surface area contributed by atoms with Gasteiger partial charge in [-0.3, -0.25) is 0 Å². The van der Waals surface area contributed by atoms with Crippen molar-refractivity contribution in [3.63, 3.8) is 0 Å². The first-order valence-corrected chi connectivity index (χ1v) is 6.92. The normalized spacial score (nSPS) is 23.7. The van der Waals surface area contributed by atoms with Gasteiger partial charge in [-0.05, 0) is 55.8 Å². The summed E-state index contributed by atoms with van der Waals surface area (Å²) in [4.78, 5) is 0. The van der Waals surface area contributed by atoms with Crippen LogP contribution in [0.2, 0.25) is 0 Å². The van der Waals surface area contributed by atoms with Gasteiger partial charge in [0, 0.05) is 6.54 Å². The van der Waals surface area contributed by atoms with Crippen LogP contribution >= 0.6 is 0 Å². The monoisotopic (exact) mass is 247 g/mol. The lowest BCUT2D eigenvalue weighted by Gasteiger charge is -2.24. The molecule has 2 fully saturated rings. The highest BCUT2D eigenvalue weighted by atomic mass is 16.5. The van der Waals surface area contributed by atoms with Crippen LogP contribution in [0.3, 0.4) is 0 Å². The van der Waals surface area contributed by atoms with Crippen LogP contribution in [-0.4, -0.2) is 26.3 Å². The minimum atomic E-state index is 0.418. The van der Waals surface area contributed by atoms with Crippen LogP contribution in [0.1, 0.15) is 37.2 Å². The van der Waals surface area contributed by atoms with Gasteiger partial charge in [-0.1, -0.05) is 6.07 Å². The number of nitrogens with one attached hydrogen (secondary N) is 1. The molecule has 18 heavy (non-hydrogen) atoms. The van der Waals surface area contributed by atoms with E-state index in [1.54, 1.807) is 7.11 Å². The Kier molecular flexibility index (Phi) is 3.41. The Morgan fingerprint density at radius 2 is 2.06 bits per heavy atom. The van der Waals surface area contributed by atoms with Gasteiger partial charge in [0.05, 0.1) is 13.2 Å². The lowest BCUT2D eigenvalue weighted by atomic mass is 9.91. The van der Waals surface area contributed by atoms with E-state index in [0.29, 0.717) is 12.0 Å². The molecule has 1 unspecified atom stereocenters. The minimum Gasteiger partial charge on any atom is -0.493 e. The summed E-state index contributed by atoms with van der Waals surface area (Å²) in [5.74, 6) is 2.39. The molecule has 0 bridgehead atoms. The van der Waals surface area contributed by atoms with Crippen molar-refractivity contribution in [2.75, 3.05) is 20.2 Å². The van der Waals surface area contributed by atoms with Crippen molar-refractivity contribution >= 4 is 0 Å². The summed E-state index contributed by atoms with van der Waals surface area (Å²) >= 11 is 0. The van der Waals surface area contributed by atoms with Gasteiger partial charge in [0.2, 0.25) is 0 Å². The molecule has 1 atom stereocenters. The fourth-order valence-electron chi connectivity index (χ4n) is 2.54. The molecule has 1 aromatic carbocycles. The highest BCUT2D eigenvalue weighted by Crippen LogP contribution is 2.36. The molecule has 1 saturated carbocycles. The van der Waals surface area contributed by atoms with E-state index in [9.17, 15) is 0 Å². The van der Waals surface area contributed by atoms with Crippen molar-refractivity contribution in [1.82, 2.24) is 5.32 Å². The molecule has 1 heterocycles. The van der Waals surface area contributed by atoms with E-state index in [-0.39, 0.29) is 0 Å². The van der Waals surface area contributed by atoms with Crippen LogP contribution in [0.15, 0.2) is 18.2 Å². The van der Waals surface area contributed by atoms with E-state index in [2.05, 4.69) is 23.5 Å².